The fraction of sp³-hybridized carbons (Fsp3) is 0.167. The fourth-order valence-electron chi connectivity index (χ4n) is 2.37. The summed E-state index contributed by atoms with van der Waals surface area (Å²) < 4.78 is 3.15. The van der Waals surface area contributed by atoms with Gasteiger partial charge in [0.15, 0.2) is 0 Å². The molecule has 0 radical (unpaired) electrons. The molecule has 3 rings (SSSR count). The van der Waals surface area contributed by atoms with Gasteiger partial charge in [0.25, 0.3) is 0 Å². The van der Waals surface area contributed by atoms with Crippen LogP contribution in [0.25, 0.3) is 5.69 Å². The highest BCUT2D eigenvalue weighted by Crippen LogP contribution is 2.19. The zero-order valence-corrected chi connectivity index (χ0v) is 14.0. The first-order valence-electron chi connectivity index (χ1n) is 7.29. The van der Waals surface area contributed by atoms with Crippen molar-refractivity contribution < 1.29 is 0 Å². The van der Waals surface area contributed by atoms with Crippen molar-refractivity contribution in [3.8, 4) is 5.69 Å². The largest absolute Gasteiger partial charge is 0.306 e. The predicted molar refractivity (Wildman–Crippen MR) is 93.0 cm³/mol. The molecule has 0 bridgehead atoms. The van der Waals surface area contributed by atoms with Gasteiger partial charge in [-0.3, -0.25) is 0 Å². The smallest absolute Gasteiger partial charge is 0.0991 e. The quantitative estimate of drug-likeness (QED) is 0.730. The Kier molecular flexibility index (Phi) is 4.71. The lowest BCUT2D eigenvalue weighted by Gasteiger charge is -2.15. The van der Waals surface area contributed by atoms with Crippen LogP contribution in [0.1, 0.15) is 24.1 Å². The molecular formula is C18H18BrN3. The van der Waals surface area contributed by atoms with Crippen LogP contribution in [0, 0.1) is 0 Å². The third-order valence-corrected chi connectivity index (χ3v) is 4.53. The molecule has 0 aliphatic rings. The minimum absolute atomic E-state index is 0.295. The summed E-state index contributed by atoms with van der Waals surface area (Å²) in [5.41, 5.74) is 3.67. The van der Waals surface area contributed by atoms with Crippen LogP contribution in [0.4, 0.5) is 0 Å². The Labute approximate surface area is 139 Å². The second-order valence-corrected chi connectivity index (χ2v) is 6.11. The van der Waals surface area contributed by atoms with Crippen LogP contribution in [0.2, 0.25) is 0 Å². The van der Waals surface area contributed by atoms with E-state index in [0.29, 0.717) is 6.04 Å². The van der Waals surface area contributed by atoms with Crippen molar-refractivity contribution in [2.45, 2.75) is 19.5 Å². The van der Waals surface area contributed by atoms with Gasteiger partial charge in [0, 0.05) is 35.1 Å². The average molecular weight is 356 g/mol. The Morgan fingerprint density at radius 3 is 2.59 bits per heavy atom. The molecule has 3 nitrogen and oxygen atoms in total. The van der Waals surface area contributed by atoms with Gasteiger partial charge in [0.2, 0.25) is 0 Å². The summed E-state index contributed by atoms with van der Waals surface area (Å²) in [5.74, 6) is 0. The molecule has 0 aliphatic heterocycles. The molecule has 1 atom stereocenters. The molecule has 0 amide bonds. The maximum Gasteiger partial charge on any atom is 0.0991 e. The van der Waals surface area contributed by atoms with E-state index in [9.17, 15) is 0 Å². The average Bonchev–Trinajstić information content (AvgIpc) is 3.08. The number of halogens is 1. The molecule has 1 aromatic heterocycles. The van der Waals surface area contributed by atoms with E-state index in [-0.39, 0.29) is 0 Å². The molecule has 4 heteroatoms. The molecule has 3 aromatic rings. The molecule has 0 saturated carbocycles. The van der Waals surface area contributed by atoms with Crippen LogP contribution in [0.5, 0.6) is 0 Å². The van der Waals surface area contributed by atoms with E-state index in [2.05, 4.69) is 75.6 Å². The maximum absolute atomic E-state index is 4.07. The van der Waals surface area contributed by atoms with Gasteiger partial charge in [-0.05, 0) is 36.2 Å². The molecule has 22 heavy (non-hydrogen) atoms. The predicted octanol–water partition coefficient (Wildman–Crippen LogP) is 4.49. The van der Waals surface area contributed by atoms with Gasteiger partial charge in [0.1, 0.15) is 0 Å². The number of aromatic nitrogens is 2. The molecule has 112 valence electrons. The highest BCUT2D eigenvalue weighted by molar-refractivity contribution is 9.10. The summed E-state index contributed by atoms with van der Waals surface area (Å²) in [6.45, 7) is 3.02. The Balaban J connectivity index is 1.65. The van der Waals surface area contributed by atoms with E-state index < -0.39 is 0 Å². The molecule has 2 aromatic carbocycles. The lowest BCUT2D eigenvalue weighted by molar-refractivity contribution is 0.573. The number of rotatable bonds is 5. The van der Waals surface area contributed by atoms with Crippen molar-refractivity contribution in [2.75, 3.05) is 0 Å². The zero-order valence-electron chi connectivity index (χ0n) is 12.4. The summed E-state index contributed by atoms with van der Waals surface area (Å²) in [4.78, 5) is 4.07. The van der Waals surface area contributed by atoms with Crippen LogP contribution >= 0.6 is 15.9 Å². The van der Waals surface area contributed by atoms with Crippen LogP contribution < -0.4 is 5.32 Å². The molecule has 0 aliphatic carbocycles. The lowest BCUT2D eigenvalue weighted by Crippen LogP contribution is -2.18. The molecule has 0 saturated heterocycles. The molecule has 0 unspecified atom stereocenters. The van der Waals surface area contributed by atoms with Crippen LogP contribution in [0.15, 0.2) is 71.7 Å². The van der Waals surface area contributed by atoms with Crippen LogP contribution in [0.3, 0.4) is 0 Å². The number of nitrogens with one attached hydrogen (secondary N) is 1. The van der Waals surface area contributed by atoms with Gasteiger partial charge in [-0.15, -0.1) is 0 Å². The molecule has 1 heterocycles. The van der Waals surface area contributed by atoms with Crippen molar-refractivity contribution in [2.24, 2.45) is 0 Å². The van der Waals surface area contributed by atoms with Crippen LogP contribution in [-0.4, -0.2) is 9.55 Å². The lowest BCUT2D eigenvalue weighted by atomic mass is 10.1. The monoisotopic (exact) mass is 355 g/mol. The van der Waals surface area contributed by atoms with Crippen molar-refractivity contribution in [1.29, 1.82) is 0 Å². The summed E-state index contributed by atoms with van der Waals surface area (Å²) in [6.07, 6.45) is 5.54. The number of imidazole rings is 1. The standard InChI is InChI=1S/C18H18BrN3/c1-14(21-12-16-4-2-3-5-18(16)19)15-6-8-17(9-7-15)22-11-10-20-13-22/h2-11,13-14,21H,12H2,1H3/t14-/m0/s1. The third-order valence-electron chi connectivity index (χ3n) is 3.75. The minimum atomic E-state index is 0.295. The van der Waals surface area contributed by atoms with E-state index in [1.807, 2.05) is 23.2 Å². The van der Waals surface area contributed by atoms with Gasteiger partial charge < -0.3 is 9.88 Å². The number of benzene rings is 2. The first kappa shape index (κ1) is 15.0. The Bertz CT molecular complexity index is 720. The first-order chi connectivity index (χ1) is 10.7. The Hall–Kier alpha value is -1.91. The SMILES string of the molecule is C[C@H](NCc1ccccc1Br)c1ccc(-n2ccnc2)cc1. The zero-order chi connectivity index (χ0) is 15.4. The van der Waals surface area contributed by atoms with E-state index in [1.165, 1.54) is 11.1 Å². The Morgan fingerprint density at radius 1 is 1.14 bits per heavy atom. The minimum Gasteiger partial charge on any atom is -0.306 e. The fourth-order valence-corrected chi connectivity index (χ4v) is 2.79. The summed E-state index contributed by atoms with van der Waals surface area (Å²) in [7, 11) is 0. The summed E-state index contributed by atoms with van der Waals surface area (Å²) in [5, 5.41) is 3.56. The van der Waals surface area contributed by atoms with Gasteiger partial charge in [-0.1, -0.05) is 46.3 Å². The van der Waals surface area contributed by atoms with Crippen molar-refractivity contribution in [3.05, 3.63) is 82.9 Å². The van der Waals surface area contributed by atoms with E-state index in [4.69, 9.17) is 0 Å². The Morgan fingerprint density at radius 2 is 1.91 bits per heavy atom. The molecule has 0 spiro atoms. The van der Waals surface area contributed by atoms with Crippen molar-refractivity contribution in [1.82, 2.24) is 14.9 Å². The second kappa shape index (κ2) is 6.90. The number of hydrogen-bond acceptors (Lipinski definition) is 2. The van der Waals surface area contributed by atoms with Gasteiger partial charge in [-0.2, -0.15) is 0 Å². The van der Waals surface area contributed by atoms with Crippen molar-refractivity contribution >= 4 is 15.9 Å². The molecule has 1 N–H and O–H groups in total. The van der Waals surface area contributed by atoms with E-state index in [1.54, 1.807) is 6.20 Å². The van der Waals surface area contributed by atoms with Gasteiger partial charge in [0.05, 0.1) is 6.33 Å². The van der Waals surface area contributed by atoms with Gasteiger partial charge in [-0.25, -0.2) is 4.98 Å². The number of hydrogen-bond donors (Lipinski definition) is 1. The van der Waals surface area contributed by atoms with Crippen LogP contribution in [-0.2, 0) is 6.54 Å². The third kappa shape index (κ3) is 3.46. The summed E-state index contributed by atoms with van der Waals surface area (Å²) >= 11 is 3.59. The van der Waals surface area contributed by atoms with E-state index >= 15 is 0 Å². The van der Waals surface area contributed by atoms with E-state index in [0.717, 1.165) is 16.7 Å². The topological polar surface area (TPSA) is 29.9 Å². The van der Waals surface area contributed by atoms with Crippen molar-refractivity contribution in [3.63, 3.8) is 0 Å². The number of nitrogens with zero attached hydrogens (tertiary/aromatic N) is 2. The summed E-state index contributed by atoms with van der Waals surface area (Å²) in [6, 6.07) is 17.1. The van der Waals surface area contributed by atoms with Gasteiger partial charge >= 0.3 is 0 Å². The second-order valence-electron chi connectivity index (χ2n) is 5.26. The normalized spacial score (nSPS) is 12.3. The molecular weight excluding hydrogens is 338 g/mol. The molecule has 0 fully saturated rings. The first-order valence-corrected chi connectivity index (χ1v) is 8.08. The maximum atomic E-state index is 4.07. The highest BCUT2D eigenvalue weighted by atomic mass is 79.9. The highest BCUT2D eigenvalue weighted by Gasteiger charge is 2.06.